The Bertz CT molecular complexity index is 709. The molecular weight excluding hydrogens is 296 g/mol. The second kappa shape index (κ2) is 7.04. The van der Waals surface area contributed by atoms with E-state index in [4.69, 9.17) is 0 Å². The highest BCUT2D eigenvalue weighted by Crippen LogP contribution is 2.16. The second-order valence-electron chi connectivity index (χ2n) is 5.83. The smallest absolute Gasteiger partial charge is 0.274 e. The predicted molar refractivity (Wildman–Crippen MR) is 86.6 cm³/mol. The van der Waals surface area contributed by atoms with Crippen molar-refractivity contribution in [2.75, 3.05) is 13.6 Å². The van der Waals surface area contributed by atoms with Gasteiger partial charge in [-0.25, -0.2) is 4.68 Å². The van der Waals surface area contributed by atoms with Crippen molar-refractivity contribution in [2.24, 2.45) is 5.92 Å². The van der Waals surface area contributed by atoms with E-state index in [1.165, 1.54) is 16.8 Å². The first-order valence-corrected chi connectivity index (χ1v) is 7.44. The van der Waals surface area contributed by atoms with Crippen LogP contribution in [0.3, 0.4) is 0 Å². The first-order valence-electron chi connectivity index (χ1n) is 7.44. The van der Waals surface area contributed by atoms with Gasteiger partial charge < -0.3 is 4.90 Å². The van der Waals surface area contributed by atoms with Gasteiger partial charge in [-0.3, -0.25) is 14.9 Å². The summed E-state index contributed by atoms with van der Waals surface area (Å²) in [5.41, 5.74) is 0.853. The number of aromatic nitrogens is 2. The number of hydrogen-bond acceptors (Lipinski definition) is 4. The second-order valence-corrected chi connectivity index (χ2v) is 5.83. The molecule has 0 bridgehead atoms. The zero-order valence-electron chi connectivity index (χ0n) is 13.5. The number of benzene rings is 1. The Kier molecular flexibility index (Phi) is 5.10. The molecule has 0 saturated heterocycles. The lowest BCUT2D eigenvalue weighted by atomic mass is 10.1. The number of nitro groups is 1. The molecule has 0 aliphatic heterocycles. The number of amides is 1. The summed E-state index contributed by atoms with van der Waals surface area (Å²) in [6, 6.07) is 7.75. The topological polar surface area (TPSA) is 81.3 Å². The summed E-state index contributed by atoms with van der Waals surface area (Å²) in [4.78, 5) is 24.3. The maximum atomic E-state index is 12.3. The van der Waals surface area contributed by atoms with Crippen LogP contribution in [-0.4, -0.2) is 39.1 Å². The average molecular weight is 316 g/mol. The third kappa shape index (κ3) is 4.15. The third-order valence-electron chi connectivity index (χ3n) is 3.50. The van der Waals surface area contributed by atoms with E-state index in [-0.39, 0.29) is 11.6 Å². The SMILES string of the molecule is CC(C)CCN(C)C(=O)c1ccn(-c2cccc([N+](=O)[O-])c2)n1. The summed E-state index contributed by atoms with van der Waals surface area (Å²) in [6.07, 6.45) is 2.55. The summed E-state index contributed by atoms with van der Waals surface area (Å²) in [6.45, 7) is 4.88. The Morgan fingerprint density at radius 1 is 1.39 bits per heavy atom. The molecule has 1 aromatic carbocycles. The van der Waals surface area contributed by atoms with Gasteiger partial charge in [0.05, 0.1) is 10.6 Å². The minimum absolute atomic E-state index is 0.0140. The molecule has 23 heavy (non-hydrogen) atoms. The molecule has 1 aromatic heterocycles. The first-order chi connectivity index (χ1) is 10.9. The number of nitro benzene ring substituents is 1. The largest absolute Gasteiger partial charge is 0.340 e. The lowest BCUT2D eigenvalue weighted by molar-refractivity contribution is -0.384. The van der Waals surface area contributed by atoms with Crippen LogP contribution in [0, 0.1) is 16.0 Å². The lowest BCUT2D eigenvalue weighted by Crippen LogP contribution is -2.28. The zero-order chi connectivity index (χ0) is 17.0. The van der Waals surface area contributed by atoms with Crippen molar-refractivity contribution in [3.63, 3.8) is 0 Å². The molecule has 7 nitrogen and oxygen atoms in total. The van der Waals surface area contributed by atoms with Gasteiger partial charge in [-0.2, -0.15) is 5.10 Å². The summed E-state index contributed by atoms with van der Waals surface area (Å²) < 4.78 is 1.47. The zero-order valence-corrected chi connectivity index (χ0v) is 13.5. The van der Waals surface area contributed by atoms with E-state index in [9.17, 15) is 14.9 Å². The van der Waals surface area contributed by atoms with Crippen molar-refractivity contribution in [1.82, 2.24) is 14.7 Å². The number of hydrogen-bond donors (Lipinski definition) is 0. The van der Waals surface area contributed by atoms with Gasteiger partial charge in [0, 0.05) is 31.9 Å². The van der Waals surface area contributed by atoms with Crippen molar-refractivity contribution in [3.05, 3.63) is 52.3 Å². The molecular formula is C16H20N4O3. The van der Waals surface area contributed by atoms with Crippen LogP contribution in [-0.2, 0) is 0 Å². The van der Waals surface area contributed by atoms with Gasteiger partial charge in [0.2, 0.25) is 0 Å². The number of non-ortho nitro benzene ring substituents is 1. The van der Waals surface area contributed by atoms with Gasteiger partial charge in [-0.05, 0) is 24.5 Å². The Balaban J connectivity index is 2.15. The van der Waals surface area contributed by atoms with Gasteiger partial charge in [0.25, 0.3) is 11.6 Å². The molecule has 1 amide bonds. The minimum atomic E-state index is -0.460. The highest BCUT2D eigenvalue weighted by Gasteiger charge is 2.16. The summed E-state index contributed by atoms with van der Waals surface area (Å²) in [5.74, 6) is 0.363. The highest BCUT2D eigenvalue weighted by molar-refractivity contribution is 5.92. The molecule has 0 saturated carbocycles. The highest BCUT2D eigenvalue weighted by atomic mass is 16.6. The molecule has 0 radical (unpaired) electrons. The molecule has 1 heterocycles. The van der Waals surface area contributed by atoms with E-state index in [1.54, 1.807) is 36.3 Å². The van der Waals surface area contributed by atoms with Crippen molar-refractivity contribution in [3.8, 4) is 5.69 Å². The quantitative estimate of drug-likeness (QED) is 0.606. The van der Waals surface area contributed by atoms with Crippen LogP contribution in [0.1, 0.15) is 30.8 Å². The molecule has 0 fully saturated rings. The van der Waals surface area contributed by atoms with E-state index in [0.29, 0.717) is 23.8 Å². The van der Waals surface area contributed by atoms with Crippen LogP contribution < -0.4 is 0 Å². The first kappa shape index (κ1) is 16.7. The molecule has 0 spiro atoms. The fourth-order valence-corrected chi connectivity index (χ4v) is 2.08. The normalized spacial score (nSPS) is 10.8. The monoisotopic (exact) mass is 316 g/mol. The van der Waals surface area contributed by atoms with Crippen LogP contribution in [0.2, 0.25) is 0 Å². The van der Waals surface area contributed by atoms with Crippen molar-refractivity contribution in [1.29, 1.82) is 0 Å². The molecule has 0 N–H and O–H groups in total. The van der Waals surface area contributed by atoms with E-state index in [0.717, 1.165) is 6.42 Å². The van der Waals surface area contributed by atoms with Crippen LogP contribution in [0.4, 0.5) is 5.69 Å². The number of nitrogens with zero attached hydrogens (tertiary/aromatic N) is 4. The Morgan fingerprint density at radius 2 is 2.13 bits per heavy atom. The van der Waals surface area contributed by atoms with Gasteiger partial charge in [-0.1, -0.05) is 19.9 Å². The molecule has 7 heteroatoms. The Labute approximate surface area is 134 Å². The standard InChI is InChI=1S/C16H20N4O3/c1-12(2)7-9-18(3)16(21)15-8-10-19(17-15)13-5-4-6-14(11-13)20(22)23/h4-6,8,10-12H,7,9H2,1-3H3. The average Bonchev–Trinajstić information content (AvgIpc) is 3.01. The molecule has 122 valence electrons. The van der Waals surface area contributed by atoms with Crippen LogP contribution in [0.5, 0.6) is 0 Å². The van der Waals surface area contributed by atoms with Crippen molar-refractivity contribution >= 4 is 11.6 Å². The van der Waals surface area contributed by atoms with Crippen LogP contribution in [0.15, 0.2) is 36.5 Å². The van der Waals surface area contributed by atoms with Gasteiger partial charge in [0.1, 0.15) is 0 Å². The van der Waals surface area contributed by atoms with E-state index >= 15 is 0 Å². The fourth-order valence-electron chi connectivity index (χ4n) is 2.08. The van der Waals surface area contributed by atoms with E-state index < -0.39 is 4.92 Å². The minimum Gasteiger partial charge on any atom is -0.340 e. The van der Waals surface area contributed by atoms with Crippen LogP contribution >= 0.6 is 0 Å². The van der Waals surface area contributed by atoms with Gasteiger partial charge in [-0.15, -0.1) is 0 Å². The molecule has 2 aromatic rings. The van der Waals surface area contributed by atoms with E-state index in [1.807, 2.05) is 0 Å². The number of rotatable bonds is 6. The van der Waals surface area contributed by atoms with Crippen molar-refractivity contribution < 1.29 is 9.72 Å². The molecule has 2 rings (SSSR count). The molecule has 0 aliphatic carbocycles. The van der Waals surface area contributed by atoms with Gasteiger partial charge >= 0.3 is 0 Å². The predicted octanol–water partition coefficient (Wildman–Crippen LogP) is 2.90. The number of carbonyl (C=O) groups excluding carboxylic acids is 1. The molecule has 0 aliphatic rings. The molecule has 0 unspecified atom stereocenters. The summed E-state index contributed by atoms with van der Waals surface area (Å²) >= 11 is 0. The lowest BCUT2D eigenvalue weighted by Gasteiger charge is -2.16. The van der Waals surface area contributed by atoms with Gasteiger partial charge in [0.15, 0.2) is 5.69 Å². The number of carbonyl (C=O) groups is 1. The summed E-state index contributed by atoms with van der Waals surface area (Å²) in [5, 5.41) is 15.1. The van der Waals surface area contributed by atoms with Crippen molar-refractivity contribution in [2.45, 2.75) is 20.3 Å². The maximum Gasteiger partial charge on any atom is 0.274 e. The Hall–Kier alpha value is -2.70. The Morgan fingerprint density at radius 3 is 2.78 bits per heavy atom. The third-order valence-corrected chi connectivity index (χ3v) is 3.50. The van der Waals surface area contributed by atoms with Crippen LogP contribution in [0.25, 0.3) is 5.69 Å². The summed E-state index contributed by atoms with van der Waals surface area (Å²) in [7, 11) is 1.75. The molecule has 0 atom stereocenters. The fraction of sp³-hybridized carbons (Fsp3) is 0.375. The maximum absolute atomic E-state index is 12.3. The van der Waals surface area contributed by atoms with E-state index in [2.05, 4.69) is 18.9 Å².